The van der Waals surface area contributed by atoms with Gasteiger partial charge in [-0.15, -0.1) is 0 Å². The van der Waals surface area contributed by atoms with Gasteiger partial charge in [0.2, 0.25) is 0 Å². The van der Waals surface area contributed by atoms with Crippen LogP contribution >= 0.6 is 0 Å². The SMILES string of the molecule is CN(CCCNCC(C)(C)C)C(=N)N. The zero-order valence-electron chi connectivity index (χ0n) is 9.85. The second-order valence-corrected chi connectivity index (χ2v) is 4.90. The number of nitrogens with one attached hydrogen (secondary N) is 2. The Morgan fingerprint density at radius 1 is 1.43 bits per heavy atom. The summed E-state index contributed by atoms with van der Waals surface area (Å²) in [5.41, 5.74) is 5.65. The molecule has 0 bridgehead atoms. The largest absolute Gasteiger partial charge is 0.370 e. The van der Waals surface area contributed by atoms with Crippen molar-refractivity contribution in [3.63, 3.8) is 0 Å². The lowest BCUT2D eigenvalue weighted by Gasteiger charge is -2.20. The lowest BCUT2D eigenvalue weighted by molar-refractivity contribution is 0.372. The van der Waals surface area contributed by atoms with Crippen molar-refractivity contribution in [2.24, 2.45) is 11.1 Å². The van der Waals surface area contributed by atoms with Gasteiger partial charge >= 0.3 is 0 Å². The van der Waals surface area contributed by atoms with E-state index in [0.717, 1.165) is 26.1 Å². The second kappa shape index (κ2) is 5.86. The van der Waals surface area contributed by atoms with Crippen molar-refractivity contribution >= 4 is 5.96 Å². The molecule has 14 heavy (non-hydrogen) atoms. The Bertz CT molecular complexity index is 171. The maximum Gasteiger partial charge on any atom is 0.188 e. The van der Waals surface area contributed by atoms with E-state index in [1.54, 1.807) is 4.90 Å². The van der Waals surface area contributed by atoms with Crippen LogP contribution in [0.1, 0.15) is 27.2 Å². The molecule has 0 unspecified atom stereocenters. The maximum atomic E-state index is 7.16. The molecule has 0 saturated heterocycles. The van der Waals surface area contributed by atoms with Gasteiger partial charge in [-0.1, -0.05) is 20.8 Å². The highest BCUT2D eigenvalue weighted by Gasteiger charge is 2.08. The molecule has 0 aromatic heterocycles. The highest BCUT2D eigenvalue weighted by atomic mass is 15.2. The standard InChI is InChI=1S/C10H24N4/c1-10(2,3)8-13-6-5-7-14(4)9(11)12/h13H,5-8H2,1-4H3,(H3,11,12). The summed E-state index contributed by atoms with van der Waals surface area (Å²) in [5, 5.41) is 10.5. The van der Waals surface area contributed by atoms with E-state index in [2.05, 4.69) is 26.1 Å². The molecule has 0 aliphatic carbocycles. The van der Waals surface area contributed by atoms with Crippen molar-refractivity contribution in [1.82, 2.24) is 10.2 Å². The third kappa shape index (κ3) is 7.86. The average Bonchev–Trinajstić information content (AvgIpc) is 2.01. The molecule has 0 saturated carbocycles. The van der Waals surface area contributed by atoms with Crippen molar-refractivity contribution in [3.8, 4) is 0 Å². The molecule has 0 amide bonds. The summed E-state index contributed by atoms with van der Waals surface area (Å²) in [6.45, 7) is 9.48. The first-order valence-electron chi connectivity index (χ1n) is 5.09. The third-order valence-corrected chi connectivity index (χ3v) is 1.91. The summed E-state index contributed by atoms with van der Waals surface area (Å²) in [5.74, 6) is 0.140. The number of nitrogens with two attached hydrogens (primary N) is 1. The van der Waals surface area contributed by atoms with Crippen molar-refractivity contribution in [2.45, 2.75) is 27.2 Å². The van der Waals surface area contributed by atoms with E-state index in [4.69, 9.17) is 11.1 Å². The molecule has 4 N–H and O–H groups in total. The van der Waals surface area contributed by atoms with Gasteiger partial charge in [0.1, 0.15) is 0 Å². The molecule has 4 heteroatoms. The molecule has 0 radical (unpaired) electrons. The fourth-order valence-corrected chi connectivity index (χ4v) is 1.03. The first-order chi connectivity index (χ1) is 6.33. The summed E-state index contributed by atoms with van der Waals surface area (Å²) in [4.78, 5) is 1.75. The lowest BCUT2D eigenvalue weighted by atomic mass is 9.97. The van der Waals surface area contributed by atoms with E-state index in [1.165, 1.54) is 0 Å². The van der Waals surface area contributed by atoms with Gasteiger partial charge in [0, 0.05) is 13.6 Å². The Balaban J connectivity index is 3.35. The van der Waals surface area contributed by atoms with Gasteiger partial charge < -0.3 is 16.0 Å². The molecule has 0 aromatic carbocycles. The lowest BCUT2D eigenvalue weighted by Crippen LogP contribution is -2.35. The molecule has 0 rings (SSSR count). The molecule has 0 aliphatic heterocycles. The zero-order chi connectivity index (χ0) is 11.2. The zero-order valence-corrected chi connectivity index (χ0v) is 9.85. The topological polar surface area (TPSA) is 65.1 Å². The van der Waals surface area contributed by atoms with E-state index in [9.17, 15) is 0 Å². The van der Waals surface area contributed by atoms with Crippen molar-refractivity contribution < 1.29 is 0 Å². The van der Waals surface area contributed by atoms with Gasteiger partial charge in [-0.25, -0.2) is 0 Å². The quantitative estimate of drug-likeness (QED) is 0.350. The fourth-order valence-electron chi connectivity index (χ4n) is 1.03. The van der Waals surface area contributed by atoms with Crippen LogP contribution in [0.25, 0.3) is 0 Å². The molecule has 0 spiro atoms. The van der Waals surface area contributed by atoms with Crippen molar-refractivity contribution in [3.05, 3.63) is 0 Å². The van der Waals surface area contributed by atoms with Gasteiger partial charge in [-0.3, -0.25) is 5.41 Å². The van der Waals surface area contributed by atoms with Gasteiger partial charge in [0.15, 0.2) is 5.96 Å². The molecule has 0 heterocycles. The summed E-state index contributed by atoms with van der Waals surface area (Å²) in [6, 6.07) is 0. The van der Waals surface area contributed by atoms with Crippen LogP contribution in [-0.4, -0.2) is 37.5 Å². The van der Waals surface area contributed by atoms with Crippen LogP contribution in [0.2, 0.25) is 0 Å². The van der Waals surface area contributed by atoms with Crippen LogP contribution in [-0.2, 0) is 0 Å². The van der Waals surface area contributed by atoms with E-state index < -0.39 is 0 Å². The predicted molar refractivity (Wildman–Crippen MR) is 61.5 cm³/mol. The van der Waals surface area contributed by atoms with Crippen LogP contribution < -0.4 is 11.1 Å². The molecular formula is C10H24N4. The Morgan fingerprint density at radius 3 is 2.43 bits per heavy atom. The Kier molecular flexibility index (Phi) is 5.53. The third-order valence-electron chi connectivity index (χ3n) is 1.91. The second-order valence-electron chi connectivity index (χ2n) is 4.90. The summed E-state index contributed by atoms with van der Waals surface area (Å²) >= 11 is 0. The Labute approximate surface area is 87.4 Å². The summed E-state index contributed by atoms with van der Waals surface area (Å²) in [7, 11) is 1.84. The van der Waals surface area contributed by atoms with E-state index >= 15 is 0 Å². The first kappa shape index (κ1) is 13.2. The summed E-state index contributed by atoms with van der Waals surface area (Å²) in [6.07, 6.45) is 1.02. The number of hydrogen-bond acceptors (Lipinski definition) is 2. The van der Waals surface area contributed by atoms with Gasteiger partial charge in [-0.2, -0.15) is 0 Å². The minimum absolute atomic E-state index is 0.140. The minimum Gasteiger partial charge on any atom is -0.370 e. The molecule has 0 aliphatic rings. The highest BCUT2D eigenvalue weighted by Crippen LogP contribution is 2.09. The van der Waals surface area contributed by atoms with Crippen LogP contribution in [0, 0.1) is 10.8 Å². The first-order valence-corrected chi connectivity index (χ1v) is 5.09. The summed E-state index contributed by atoms with van der Waals surface area (Å²) < 4.78 is 0. The van der Waals surface area contributed by atoms with E-state index in [1.807, 2.05) is 7.05 Å². The number of nitrogens with zero attached hydrogens (tertiary/aromatic N) is 1. The molecule has 0 atom stereocenters. The average molecular weight is 200 g/mol. The molecule has 0 aromatic rings. The van der Waals surface area contributed by atoms with Crippen molar-refractivity contribution in [1.29, 1.82) is 5.41 Å². The predicted octanol–water partition coefficient (Wildman–Crippen LogP) is 0.837. The number of hydrogen-bond donors (Lipinski definition) is 3. The molecule has 0 fully saturated rings. The van der Waals surface area contributed by atoms with Crippen molar-refractivity contribution in [2.75, 3.05) is 26.7 Å². The van der Waals surface area contributed by atoms with Crippen LogP contribution in [0.15, 0.2) is 0 Å². The fraction of sp³-hybridized carbons (Fsp3) is 0.900. The van der Waals surface area contributed by atoms with Crippen LogP contribution in [0.5, 0.6) is 0 Å². The molecular weight excluding hydrogens is 176 g/mol. The van der Waals surface area contributed by atoms with Crippen LogP contribution in [0.3, 0.4) is 0 Å². The van der Waals surface area contributed by atoms with Gasteiger partial charge in [0.25, 0.3) is 0 Å². The molecule has 4 nitrogen and oxygen atoms in total. The van der Waals surface area contributed by atoms with E-state index in [0.29, 0.717) is 5.41 Å². The smallest absolute Gasteiger partial charge is 0.188 e. The van der Waals surface area contributed by atoms with E-state index in [-0.39, 0.29) is 5.96 Å². The maximum absolute atomic E-state index is 7.16. The Morgan fingerprint density at radius 2 is 2.00 bits per heavy atom. The number of guanidine groups is 1. The Hall–Kier alpha value is -0.770. The number of rotatable bonds is 5. The highest BCUT2D eigenvalue weighted by molar-refractivity contribution is 5.74. The minimum atomic E-state index is 0.140. The molecule has 84 valence electrons. The van der Waals surface area contributed by atoms with Gasteiger partial charge in [0.05, 0.1) is 0 Å². The van der Waals surface area contributed by atoms with Gasteiger partial charge in [-0.05, 0) is 24.9 Å². The normalized spacial score (nSPS) is 11.4. The van der Waals surface area contributed by atoms with Crippen LogP contribution in [0.4, 0.5) is 0 Å². The monoisotopic (exact) mass is 200 g/mol.